The third-order valence-corrected chi connectivity index (χ3v) is 3.85. The Kier molecular flexibility index (Phi) is 15.8. The number of unbranched alkanes of at least 4 members (excludes halogenated alkanes) is 2. The summed E-state index contributed by atoms with van der Waals surface area (Å²) in [7, 11) is 3.96. The van der Waals surface area contributed by atoms with Crippen molar-refractivity contribution in [3.8, 4) is 0 Å². The van der Waals surface area contributed by atoms with E-state index < -0.39 is 0 Å². The molecule has 144 valence electrons. The van der Waals surface area contributed by atoms with Crippen LogP contribution < -0.4 is 15.5 Å². The molecule has 0 bridgehead atoms. The number of ether oxygens (including phenoxy) is 1. The minimum Gasteiger partial charge on any atom is -0.382 e. The van der Waals surface area contributed by atoms with E-state index in [4.69, 9.17) is 4.74 Å². The topological polar surface area (TPSA) is 48.9 Å². The number of guanidine groups is 1. The molecule has 0 unspecified atom stereocenters. The van der Waals surface area contributed by atoms with Gasteiger partial charge in [0.15, 0.2) is 5.96 Å². The maximum absolute atomic E-state index is 5.33. The monoisotopic (exact) mass is 462 g/mol. The Labute approximate surface area is 170 Å². The number of benzene rings is 1. The van der Waals surface area contributed by atoms with Crippen LogP contribution in [-0.2, 0) is 4.74 Å². The molecule has 0 heterocycles. The van der Waals surface area contributed by atoms with Gasteiger partial charge in [-0.05, 0) is 44.7 Å². The van der Waals surface area contributed by atoms with E-state index in [2.05, 4.69) is 57.9 Å². The second kappa shape index (κ2) is 16.4. The molecule has 1 rings (SSSR count). The number of nitrogens with one attached hydrogen (secondary N) is 2. The van der Waals surface area contributed by atoms with E-state index in [0.717, 1.165) is 64.5 Å². The molecule has 1 aromatic rings. The normalized spacial score (nSPS) is 10.9. The Morgan fingerprint density at radius 1 is 1.04 bits per heavy atom. The van der Waals surface area contributed by atoms with Gasteiger partial charge >= 0.3 is 0 Å². The fourth-order valence-electron chi connectivity index (χ4n) is 2.39. The molecule has 25 heavy (non-hydrogen) atoms. The van der Waals surface area contributed by atoms with Crippen molar-refractivity contribution in [1.82, 2.24) is 10.6 Å². The van der Waals surface area contributed by atoms with Gasteiger partial charge in [0.2, 0.25) is 0 Å². The van der Waals surface area contributed by atoms with Gasteiger partial charge in [-0.1, -0.05) is 18.2 Å². The van der Waals surface area contributed by atoms with Gasteiger partial charge in [-0.15, -0.1) is 24.0 Å². The molecule has 5 nitrogen and oxygen atoms in total. The number of hydrogen-bond acceptors (Lipinski definition) is 3. The summed E-state index contributed by atoms with van der Waals surface area (Å²) in [6.07, 6.45) is 4.47. The smallest absolute Gasteiger partial charge is 0.190 e. The van der Waals surface area contributed by atoms with Crippen LogP contribution in [0.4, 0.5) is 5.69 Å². The van der Waals surface area contributed by atoms with Gasteiger partial charge in [0, 0.05) is 52.6 Å². The lowest BCUT2D eigenvalue weighted by Crippen LogP contribution is -2.38. The fraction of sp³-hybridized carbons (Fsp3) is 0.632. The Morgan fingerprint density at radius 3 is 2.28 bits per heavy atom. The van der Waals surface area contributed by atoms with Crippen molar-refractivity contribution in [2.75, 3.05) is 51.8 Å². The summed E-state index contributed by atoms with van der Waals surface area (Å²) in [5.41, 5.74) is 1.27. The molecular weight excluding hydrogens is 427 g/mol. The first kappa shape index (κ1) is 24.0. The van der Waals surface area contributed by atoms with Crippen molar-refractivity contribution < 1.29 is 4.74 Å². The SMILES string of the molecule is CCOCCCCNC(=NC)NCCCCN(C)c1ccccc1.I. The average Bonchev–Trinajstić information content (AvgIpc) is 2.63. The highest BCUT2D eigenvalue weighted by molar-refractivity contribution is 14.0. The van der Waals surface area contributed by atoms with E-state index >= 15 is 0 Å². The molecule has 0 aliphatic carbocycles. The number of aliphatic imine (C=N–C) groups is 1. The highest BCUT2D eigenvalue weighted by Gasteiger charge is 2.00. The molecule has 0 radical (unpaired) electrons. The number of nitrogens with zero attached hydrogens (tertiary/aromatic N) is 2. The maximum atomic E-state index is 5.33. The van der Waals surface area contributed by atoms with Crippen LogP contribution in [0.5, 0.6) is 0 Å². The summed E-state index contributed by atoms with van der Waals surface area (Å²) >= 11 is 0. The summed E-state index contributed by atoms with van der Waals surface area (Å²) in [5.74, 6) is 0.892. The first-order chi connectivity index (χ1) is 11.8. The third kappa shape index (κ3) is 12.0. The molecule has 0 fully saturated rings. The first-order valence-electron chi connectivity index (χ1n) is 9.06. The van der Waals surface area contributed by atoms with E-state index in [1.807, 2.05) is 14.0 Å². The molecule has 1 aromatic carbocycles. The largest absolute Gasteiger partial charge is 0.382 e. The lowest BCUT2D eigenvalue weighted by Gasteiger charge is -2.19. The second-order valence-electron chi connectivity index (χ2n) is 5.79. The summed E-state index contributed by atoms with van der Waals surface area (Å²) in [4.78, 5) is 6.55. The predicted molar refractivity (Wildman–Crippen MR) is 119 cm³/mol. The standard InChI is InChI=1S/C19H34N4O.HI/c1-4-24-17-11-9-15-22-19(20-2)21-14-8-10-16-23(3)18-12-6-5-7-13-18;/h5-7,12-13H,4,8-11,14-17H2,1-3H3,(H2,20,21,22);1H. The van der Waals surface area contributed by atoms with Gasteiger partial charge in [-0.2, -0.15) is 0 Å². The van der Waals surface area contributed by atoms with Crippen LogP contribution in [0.15, 0.2) is 35.3 Å². The van der Waals surface area contributed by atoms with Crippen molar-refractivity contribution in [3.63, 3.8) is 0 Å². The summed E-state index contributed by atoms with van der Waals surface area (Å²) in [6.45, 7) is 6.62. The molecule has 0 aliphatic heterocycles. The van der Waals surface area contributed by atoms with E-state index in [1.54, 1.807) is 0 Å². The molecule has 0 aliphatic rings. The zero-order valence-corrected chi connectivity index (χ0v) is 18.3. The number of halogens is 1. The molecular formula is C19H35IN4O. The minimum atomic E-state index is 0. The lowest BCUT2D eigenvalue weighted by molar-refractivity contribution is 0.143. The predicted octanol–water partition coefficient (Wildman–Crippen LogP) is 3.50. The van der Waals surface area contributed by atoms with Crippen LogP contribution in [0.25, 0.3) is 0 Å². The van der Waals surface area contributed by atoms with E-state index in [1.165, 1.54) is 5.69 Å². The highest BCUT2D eigenvalue weighted by atomic mass is 127. The van der Waals surface area contributed by atoms with Crippen molar-refractivity contribution in [2.45, 2.75) is 32.6 Å². The van der Waals surface area contributed by atoms with E-state index in [0.29, 0.717) is 0 Å². The molecule has 0 atom stereocenters. The van der Waals surface area contributed by atoms with Crippen molar-refractivity contribution >= 4 is 35.6 Å². The summed E-state index contributed by atoms with van der Waals surface area (Å²) in [6, 6.07) is 10.5. The zero-order valence-electron chi connectivity index (χ0n) is 16.0. The van der Waals surface area contributed by atoms with Crippen molar-refractivity contribution in [3.05, 3.63) is 30.3 Å². The quantitative estimate of drug-likeness (QED) is 0.216. The molecule has 0 aromatic heterocycles. The lowest BCUT2D eigenvalue weighted by atomic mass is 10.2. The van der Waals surface area contributed by atoms with Crippen LogP contribution in [-0.4, -0.2) is 52.9 Å². The van der Waals surface area contributed by atoms with Crippen molar-refractivity contribution in [1.29, 1.82) is 0 Å². The Morgan fingerprint density at radius 2 is 1.68 bits per heavy atom. The number of rotatable bonds is 12. The van der Waals surface area contributed by atoms with Gasteiger partial charge in [-0.25, -0.2) is 0 Å². The number of para-hydroxylation sites is 1. The Balaban J connectivity index is 0.00000576. The minimum absolute atomic E-state index is 0. The summed E-state index contributed by atoms with van der Waals surface area (Å²) in [5, 5.41) is 6.72. The van der Waals surface area contributed by atoms with Gasteiger partial charge in [0.05, 0.1) is 0 Å². The molecule has 0 amide bonds. The van der Waals surface area contributed by atoms with E-state index in [9.17, 15) is 0 Å². The Bertz CT molecular complexity index is 442. The Hall–Kier alpha value is -1.02. The first-order valence-corrected chi connectivity index (χ1v) is 9.06. The van der Waals surface area contributed by atoms with Crippen LogP contribution in [0.3, 0.4) is 0 Å². The number of anilines is 1. The summed E-state index contributed by atoms with van der Waals surface area (Å²) < 4.78 is 5.33. The maximum Gasteiger partial charge on any atom is 0.190 e. The fourth-order valence-corrected chi connectivity index (χ4v) is 2.39. The molecule has 0 saturated heterocycles. The third-order valence-electron chi connectivity index (χ3n) is 3.85. The van der Waals surface area contributed by atoms with Gasteiger partial charge in [0.1, 0.15) is 0 Å². The number of hydrogen-bond donors (Lipinski definition) is 2. The van der Waals surface area contributed by atoms with Crippen LogP contribution in [0, 0.1) is 0 Å². The van der Waals surface area contributed by atoms with Gasteiger partial charge in [-0.3, -0.25) is 4.99 Å². The highest BCUT2D eigenvalue weighted by Crippen LogP contribution is 2.11. The average molecular weight is 462 g/mol. The van der Waals surface area contributed by atoms with E-state index in [-0.39, 0.29) is 24.0 Å². The van der Waals surface area contributed by atoms with Crippen LogP contribution in [0.2, 0.25) is 0 Å². The second-order valence-corrected chi connectivity index (χ2v) is 5.79. The van der Waals surface area contributed by atoms with Gasteiger partial charge < -0.3 is 20.3 Å². The molecule has 0 spiro atoms. The van der Waals surface area contributed by atoms with Crippen LogP contribution >= 0.6 is 24.0 Å². The zero-order chi connectivity index (χ0) is 17.5. The van der Waals surface area contributed by atoms with Crippen LogP contribution in [0.1, 0.15) is 32.6 Å². The molecule has 0 saturated carbocycles. The van der Waals surface area contributed by atoms with Crippen molar-refractivity contribution in [2.24, 2.45) is 4.99 Å². The van der Waals surface area contributed by atoms with Gasteiger partial charge in [0.25, 0.3) is 0 Å². The molecule has 6 heteroatoms. The molecule has 2 N–H and O–H groups in total.